The Hall–Kier alpha value is -2.74. The van der Waals surface area contributed by atoms with Gasteiger partial charge in [-0.2, -0.15) is 4.98 Å². The van der Waals surface area contributed by atoms with Crippen LogP contribution in [0.2, 0.25) is 0 Å². The number of fused-ring (bicyclic) bond motifs is 4. The minimum Gasteiger partial charge on any atom is -0.492 e. The molecule has 6 heterocycles. The predicted molar refractivity (Wildman–Crippen MR) is 165 cm³/mol. The summed E-state index contributed by atoms with van der Waals surface area (Å²) in [6, 6.07) is -0.247. The van der Waals surface area contributed by atoms with E-state index in [0.29, 0.717) is 41.9 Å². The molecule has 7 rings (SSSR count). The fourth-order valence-corrected chi connectivity index (χ4v) is 7.63. The third-order valence-corrected chi connectivity index (χ3v) is 10.5. The average molecular weight is 699 g/mol. The van der Waals surface area contributed by atoms with E-state index in [4.69, 9.17) is 35.8 Å². The molecule has 0 spiro atoms. The number of anilines is 1. The number of nitrogen functional groups attached to an aromatic ring is 1. The minimum atomic E-state index is -3.89. The van der Waals surface area contributed by atoms with E-state index in [0.717, 1.165) is 0 Å². The van der Waals surface area contributed by atoms with Gasteiger partial charge in [0.25, 0.3) is 0 Å². The Morgan fingerprint density at radius 3 is 2.56 bits per heavy atom. The smallest absolute Gasteiger partial charge is 0.324 e. The number of hydrogen-bond donors (Lipinski definition) is 5. The fourth-order valence-electron chi connectivity index (χ4n) is 5.90. The first-order chi connectivity index (χ1) is 21.5. The van der Waals surface area contributed by atoms with Gasteiger partial charge in [-0.25, -0.2) is 24.9 Å². The van der Waals surface area contributed by atoms with Gasteiger partial charge in [-0.15, -0.1) is 0 Å². The van der Waals surface area contributed by atoms with Gasteiger partial charge in [0.2, 0.25) is 11.7 Å². The van der Waals surface area contributed by atoms with Crippen molar-refractivity contribution in [2.24, 2.45) is 11.8 Å². The second kappa shape index (κ2) is 11.8. The van der Waals surface area contributed by atoms with E-state index in [1.807, 2.05) is 4.57 Å². The molecule has 6 N–H and O–H groups in total. The standard InChI is InChI=1S/C23H28N10O8P2S2/c24-19-17-20(27-9-26-19)33(11-28-17)16-2-1-13(41-16)7-39-43(37,45)40-8-14-12(6-38-42(35,36)44)5-15(14)32-10-29-18-21(34)30-23-25-3-4-31(23)22(18)32/h3-4,9-16H,1-2,5-8H2,(H,37,45)(H2,24,26,27)(H,25,30,34)(H2,35,36,44)/t12-,13+,14-,15-,16-,43?/m1/s1. The molecule has 6 atom stereocenters. The van der Waals surface area contributed by atoms with Crippen LogP contribution in [0.25, 0.3) is 28.1 Å². The first kappa shape index (κ1) is 30.9. The van der Waals surface area contributed by atoms with Crippen molar-refractivity contribution in [3.63, 3.8) is 0 Å². The summed E-state index contributed by atoms with van der Waals surface area (Å²) in [5.74, 6) is -0.234. The summed E-state index contributed by atoms with van der Waals surface area (Å²) in [6.45, 7) is -7.68. The van der Waals surface area contributed by atoms with Crippen molar-refractivity contribution >= 4 is 71.0 Å². The Bertz CT molecular complexity index is 1980. The Morgan fingerprint density at radius 2 is 1.73 bits per heavy atom. The van der Waals surface area contributed by atoms with E-state index >= 15 is 0 Å². The first-order valence-electron chi connectivity index (χ1n) is 13.8. The van der Waals surface area contributed by atoms with E-state index in [2.05, 4.69) is 41.7 Å². The van der Waals surface area contributed by atoms with Gasteiger partial charge in [0.05, 0.1) is 38.6 Å². The maximum Gasteiger partial charge on any atom is 0.324 e. The Labute approximate surface area is 264 Å². The zero-order chi connectivity index (χ0) is 31.5. The van der Waals surface area contributed by atoms with Crippen molar-refractivity contribution in [3.8, 4) is 5.88 Å². The highest BCUT2D eigenvalue weighted by atomic mass is 32.5. The molecule has 1 aliphatic heterocycles. The largest absolute Gasteiger partial charge is 0.492 e. The number of aromatic nitrogens is 9. The molecule has 1 saturated heterocycles. The van der Waals surface area contributed by atoms with Gasteiger partial charge in [-0.3, -0.25) is 8.97 Å². The van der Waals surface area contributed by atoms with E-state index in [9.17, 15) is 19.8 Å². The second-order valence-electron chi connectivity index (χ2n) is 10.8. The first-order valence-corrected chi connectivity index (χ1v) is 19.0. The molecule has 45 heavy (non-hydrogen) atoms. The number of nitrogens with two attached hydrogens (primary N) is 1. The molecule has 5 aromatic heterocycles. The van der Waals surface area contributed by atoms with Crippen LogP contribution >= 0.6 is 13.4 Å². The highest BCUT2D eigenvalue weighted by Crippen LogP contribution is 2.52. The summed E-state index contributed by atoms with van der Waals surface area (Å²) in [5, 5.41) is 10.4. The van der Waals surface area contributed by atoms with Crippen molar-refractivity contribution < 1.29 is 38.1 Å². The molecule has 1 aliphatic carbocycles. The third-order valence-electron chi connectivity index (χ3n) is 8.13. The molecule has 0 bridgehead atoms. The van der Waals surface area contributed by atoms with Crippen LogP contribution in [-0.4, -0.2) is 89.2 Å². The van der Waals surface area contributed by atoms with Crippen molar-refractivity contribution in [1.82, 2.24) is 43.4 Å². The highest BCUT2D eigenvalue weighted by molar-refractivity contribution is 8.07. The van der Waals surface area contributed by atoms with Gasteiger partial charge in [0.1, 0.15) is 18.1 Å². The number of imidazole rings is 3. The molecular formula is C23H28N10O8P2S2. The van der Waals surface area contributed by atoms with Gasteiger partial charge < -0.3 is 48.4 Å². The Balaban J connectivity index is 1.02. The fraction of sp³-hybridized carbons (Fsp3) is 0.478. The number of nitrogens with zero attached hydrogens (tertiary/aromatic N) is 9. The van der Waals surface area contributed by atoms with Crippen molar-refractivity contribution in [2.75, 3.05) is 25.6 Å². The molecule has 2 fully saturated rings. The van der Waals surface area contributed by atoms with Crippen LogP contribution < -0.4 is 5.73 Å². The van der Waals surface area contributed by atoms with E-state index in [-0.39, 0.29) is 67.2 Å². The van der Waals surface area contributed by atoms with Crippen LogP contribution in [0.5, 0.6) is 5.88 Å². The lowest BCUT2D eigenvalue weighted by atomic mass is 9.70. The lowest BCUT2D eigenvalue weighted by molar-refractivity contribution is -0.0246. The van der Waals surface area contributed by atoms with Crippen LogP contribution in [-0.2, 0) is 41.9 Å². The topological polar surface area (TPSA) is 235 Å². The molecule has 1 saturated carbocycles. The number of hydrogen-bond acceptors (Lipinski definition) is 14. The molecule has 0 aromatic carbocycles. The number of ether oxygens (including phenoxy) is 1. The van der Waals surface area contributed by atoms with E-state index < -0.39 is 13.4 Å². The SMILES string of the molecule is Nc1ncnc2c1ncn2[C@H]1CC[C@@H](COP(O)(=S)OC[C@@H]2[C@@H](COP(O)(O)=S)C[C@H]2n2cnc3c(O)nc4nccn4c32)O1. The summed E-state index contributed by atoms with van der Waals surface area (Å²) >= 11 is 9.95. The monoisotopic (exact) mass is 698 g/mol. The molecule has 18 nitrogen and oxygen atoms in total. The highest BCUT2D eigenvalue weighted by Gasteiger charge is 2.45. The maximum atomic E-state index is 10.9. The lowest BCUT2D eigenvalue weighted by Gasteiger charge is -2.45. The van der Waals surface area contributed by atoms with E-state index in [1.165, 1.54) is 6.33 Å². The van der Waals surface area contributed by atoms with Crippen LogP contribution in [0, 0.1) is 11.8 Å². The minimum absolute atomic E-state index is 0.00366. The molecule has 0 radical (unpaired) electrons. The maximum absolute atomic E-state index is 10.9. The molecule has 240 valence electrons. The van der Waals surface area contributed by atoms with Crippen LogP contribution in [0.15, 0.2) is 31.4 Å². The number of rotatable bonds is 11. The Kier molecular flexibility index (Phi) is 8.10. The summed E-state index contributed by atoms with van der Waals surface area (Å²) in [4.78, 5) is 55.3. The lowest BCUT2D eigenvalue weighted by Crippen LogP contribution is -2.43. The molecule has 22 heteroatoms. The quantitative estimate of drug-likeness (QED) is 0.123. The van der Waals surface area contributed by atoms with Gasteiger partial charge in [-0.1, -0.05) is 0 Å². The molecule has 0 amide bonds. The van der Waals surface area contributed by atoms with Crippen LogP contribution in [0.4, 0.5) is 5.82 Å². The second-order valence-corrected chi connectivity index (χ2v) is 16.3. The van der Waals surface area contributed by atoms with Crippen molar-refractivity contribution in [1.29, 1.82) is 0 Å². The van der Waals surface area contributed by atoms with E-state index in [1.54, 1.807) is 34.0 Å². The number of aromatic hydroxyl groups is 1. The summed E-state index contributed by atoms with van der Waals surface area (Å²) in [7, 11) is 0. The zero-order valence-corrected chi connectivity index (χ0v) is 26.7. The summed E-state index contributed by atoms with van der Waals surface area (Å²) in [6.07, 6.45) is 8.90. The normalized spacial score (nSPS) is 25.3. The average Bonchev–Trinajstić information content (AvgIpc) is 3.77. The van der Waals surface area contributed by atoms with Gasteiger partial charge in [0.15, 0.2) is 22.6 Å². The zero-order valence-electron chi connectivity index (χ0n) is 23.3. The molecule has 1 unspecified atom stereocenters. The van der Waals surface area contributed by atoms with Gasteiger partial charge in [0, 0.05) is 24.4 Å². The third kappa shape index (κ3) is 6.08. The van der Waals surface area contributed by atoms with Crippen molar-refractivity contribution in [3.05, 3.63) is 31.4 Å². The predicted octanol–water partition coefficient (Wildman–Crippen LogP) is 1.54. The van der Waals surface area contributed by atoms with Crippen molar-refractivity contribution in [2.45, 2.75) is 37.6 Å². The molecule has 5 aromatic rings. The Morgan fingerprint density at radius 1 is 0.956 bits per heavy atom. The van der Waals surface area contributed by atoms with Crippen LogP contribution in [0.3, 0.4) is 0 Å². The molecular weight excluding hydrogens is 670 g/mol. The molecule has 2 aliphatic rings. The summed E-state index contributed by atoms with van der Waals surface area (Å²) in [5.41, 5.74) is 7.78. The van der Waals surface area contributed by atoms with Crippen LogP contribution in [0.1, 0.15) is 31.5 Å². The summed E-state index contributed by atoms with van der Waals surface area (Å²) < 4.78 is 28.1. The van der Waals surface area contributed by atoms with Gasteiger partial charge >= 0.3 is 13.4 Å². The van der Waals surface area contributed by atoms with Gasteiger partial charge in [-0.05, 0) is 48.8 Å².